The summed E-state index contributed by atoms with van der Waals surface area (Å²) in [6.45, 7) is 1.27. The molecule has 1 amide bonds. The predicted molar refractivity (Wildman–Crippen MR) is 98.4 cm³/mol. The predicted octanol–water partition coefficient (Wildman–Crippen LogP) is 3.08. The Labute approximate surface area is 153 Å². The summed E-state index contributed by atoms with van der Waals surface area (Å²) in [5.74, 6) is -0.301. The average Bonchev–Trinajstić information content (AvgIpc) is 2.64. The molecule has 0 fully saturated rings. The van der Waals surface area contributed by atoms with E-state index in [4.69, 9.17) is 10.00 Å². The van der Waals surface area contributed by atoms with Crippen LogP contribution in [0.4, 0.5) is 10.1 Å². The van der Waals surface area contributed by atoms with Crippen molar-refractivity contribution < 1.29 is 13.9 Å². The molecule has 2 aromatic carbocycles. The lowest BCUT2D eigenvalue weighted by Gasteiger charge is -2.25. The first-order valence-corrected chi connectivity index (χ1v) is 8.40. The molecule has 0 aromatic heterocycles. The van der Waals surface area contributed by atoms with Crippen LogP contribution in [-0.2, 0) is 4.79 Å². The highest BCUT2D eigenvalue weighted by Gasteiger charge is 2.17. The lowest BCUT2D eigenvalue weighted by molar-refractivity contribution is -0.119. The summed E-state index contributed by atoms with van der Waals surface area (Å²) in [6.07, 6.45) is 0.265. The first-order chi connectivity index (χ1) is 12.6. The number of benzene rings is 2. The van der Waals surface area contributed by atoms with Gasteiger partial charge in [-0.25, -0.2) is 4.39 Å². The molecular formula is C20H22FN3O2. The van der Waals surface area contributed by atoms with Crippen molar-refractivity contribution >= 4 is 11.6 Å². The summed E-state index contributed by atoms with van der Waals surface area (Å²) >= 11 is 0. The zero-order chi connectivity index (χ0) is 18.8. The first-order valence-electron chi connectivity index (χ1n) is 8.40. The van der Waals surface area contributed by atoms with Crippen molar-refractivity contribution in [3.05, 3.63) is 60.4 Å². The van der Waals surface area contributed by atoms with Crippen LogP contribution in [0.2, 0.25) is 0 Å². The van der Waals surface area contributed by atoms with Crippen molar-refractivity contribution in [2.24, 2.45) is 0 Å². The Hall–Kier alpha value is -2.91. The van der Waals surface area contributed by atoms with E-state index in [1.165, 1.54) is 6.07 Å². The number of nitrogens with zero attached hydrogens (tertiary/aromatic N) is 3. The Balaban J connectivity index is 1.87. The number of nitriles is 1. The van der Waals surface area contributed by atoms with Crippen molar-refractivity contribution in [1.29, 1.82) is 5.26 Å². The Kier molecular flexibility index (Phi) is 7.59. The van der Waals surface area contributed by atoms with Gasteiger partial charge in [-0.3, -0.25) is 9.69 Å². The molecule has 136 valence electrons. The second-order valence-electron chi connectivity index (χ2n) is 5.81. The van der Waals surface area contributed by atoms with Crippen LogP contribution in [-0.4, -0.2) is 44.1 Å². The Morgan fingerprint density at radius 2 is 1.81 bits per heavy atom. The quantitative estimate of drug-likeness (QED) is 0.694. The molecular weight excluding hydrogens is 333 g/mol. The van der Waals surface area contributed by atoms with E-state index in [9.17, 15) is 9.18 Å². The topological polar surface area (TPSA) is 56.6 Å². The third-order valence-corrected chi connectivity index (χ3v) is 3.79. The number of hydrogen-bond acceptors (Lipinski definition) is 4. The third kappa shape index (κ3) is 5.87. The van der Waals surface area contributed by atoms with Gasteiger partial charge in [0.2, 0.25) is 5.91 Å². The van der Waals surface area contributed by atoms with E-state index < -0.39 is 5.82 Å². The van der Waals surface area contributed by atoms with Gasteiger partial charge in [0.25, 0.3) is 0 Å². The second-order valence-corrected chi connectivity index (χ2v) is 5.81. The standard InChI is InChI=1S/C20H22FN3O2/c1-23(14-15-26-19-11-6-5-10-18(19)21)16-20(25)24(13-7-12-22)17-8-3-2-4-9-17/h2-6,8-11H,7,13-16H2,1H3. The molecule has 0 bridgehead atoms. The summed E-state index contributed by atoms with van der Waals surface area (Å²) in [7, 11) is 1.80. The molecule has 2 rings (SSSR count). The monoisotopic (exact) mass is 355 g/mol. The largest absolute Gasteiger partial charge is 0.489 e. The molecule has 0 aliphatic carbocycles. The number of hydrogen-bond donors (Lipinski definition) is 0. The van der Waals surface area contributed by atoms with Crippen molar-refractivity contribution in [3.8, 4) is 11.8 Å². The van der Waals surface area contributed by atoms with Crippen molar-refractivity contribution in [2.45, 2.75) is 6.42 Å². The summed E-state index contributed by atoms with van der Waals surface area (Å²) in [6, 6.07) is 17.6. The molecule has 6 heteroatoms. The van der Waals surface area contributed by atoms with Crippen LogP contribution >= 0.6 is 0 Å². The Morgan fingerprint density at radius 1 is 1.12 bits per heavy atom. The van der Waals surface area contributed by atoms with Crippen molar-refractivity contribution in [3.63, 3.8) is 0 Å². The molecule has 0 N–H and O–H groups in total. The van der Waals surface area contributed by atoms with Crippen LogP contribution < -0.4 is 9.64 Å². The molecule has 0 saturated heterocycles. The number of rotatable bonds is 9. The van der Waals surface area contributed by atoms with E-state index in [0.29, 0.717) is 13.1 Å². The minimum Gasteiger partial charge on any atom is -0.489 e. The highest BCUT2D eigenvalue weighted by Crippen LogP contribution is 2.16. The number of likely N-dealkylation sites (N-methyl/N-ethyl adjacent to an activating group) is 1. The van der Waals surface area contributed by atoms with Gasteiger partial charge in [-0.2, -0.15) is 5.26 Å². The van der Waals surface area contributed by atoms with Gasteiger partial charge in [0, 0.05) is 18.8 Å². The fourth-order valence-electron chi connectivity index (χ4n) is 2.44. The minimum atomic E-state index is -0.405. The van der Waals surface area contributed by atoms with Gasteiger partial charge in [0.05, 0.1) is 19.0 Å². The SMILES string of the molecule is CN(CCOc1ccccc1F)CC(=O)N(CCC#N)c1ccccc1. The molecule has 2 aromatic rings. The number of carbonyl (C=O) groups is 1. The van der Waals surface area contributed by atoms with Gasteiger partial charge >= 0.3 is 0 Å². The molecule has 0 unspecified atom stereocenters. The molecule has 5 nitrogen and oxygen atoms in total. The maximum atomic E-state index is 13.5. The fraction of sp³-hybridized carbons (Fsp3) is 0.300. The summed E-state index contributed by atoms with van der Waals surface area (Å²) in [5.41, 5.74) is 0.767. The van der Waals surface area contributed by atoms with E-state index in [1.807, 2.05) is 35.2 Å². The van der Waals surface area contributed by atoms with Gasteiger partial charge in [0.1, 0.15) is 6.61 Å². The summed E-state index contributed by atoms with van der Waals surface area (Å²) in [5, 5.41) is 8.83. The van der Waals surface area contributed by atoms with E-state index in [1.54, 1.807) is 30.1 Å². The van der Waals surface area contributed by atoms with E-state index in [0.717, 1.165) is 5.69 Å². The number of amides is 1. The van der Waals surface area contributed by atoms with Crippen LogP contribution in [0.1, 0.15) is 6.42 Å². The van der Waals surface area contributed by atoms with E-state index in [-0.39, 0.29) is 31.2 Å². The second kappa shape index (κ2) is 10.2. The maximum Gasteiger partial charge on any atom is 0.241 e. The van der Waals surface area contributed by atoms with Crippen LogP contribution in [0.25, 0.3) is 0 Å². The Bertz CT molecular complexity index is 746. The lowest BCUT2D eigenvalue weighted by Crippen LogP contribution is -2.40. The first kappa shape index (κ1) is 19.4. The molecule has 0 heterocycles. The van der Waals surface area contributed by atoms with Gasteiger partial charge in [0.15, 0.2) is 11.6 Å². The fourth-order valence-corrected chi connectivity index (χ4v) is 2.44. The number of para-hydroxylation sites is 2. The number of carbonyl (C=O) groups excluding carboxylic acids is 1. The Morgan fingerprint density at radius 3 is 2.50 bits per heavy atom. The van der Waals surface area contributed by atoms with Crippen LogP contribution in [0.15, 0.2) is 54.6 Å². The summed E-state index contributed by atoms with van der Waals surface area (Å²) < 4.78 is 18.9. The van der Waals surface area contributed by atoms with E-state index >= 15 is 0 Å². The average molecular weight is 355 g/mol. The number of ether oxygens (including phenoxy) is 1. The van der Waals surface area contributed by atoms with Crippen LogP contribution in [0.3, 0.4) is 0 Å². The maximum absolute atomic E-state index is 13.5. The van der Waals surface area contributed by atoms with E-state index in [2.05, 4.69) is 6.07 Å². The van der Waals surface area contributed by atoms with Crippen molar-refractivity contribution in [1.82, 2.24) is 4.90 Å². The van der Waals surface area contributed by atoms with Gasteiger partial charge in [-0.05, 0) is 31.3 Å². The zero-order valence-corrected chi connectivity index (χ0v) is 14.8. The van der Waals surface area contributed by atoms with Crippen LogP contribution in [0.5, 0.6) is 5.75 Å². The number of anilines is 1. The molecule has 26 heavy (non-hydrogen) atoms. The highest BCUT2D eigenvalue weighted by molar-refractivity contribution is 5.94. The zero-order valence-electron chi connectivity index (χ0n) is 14.8. The molecule has 0 saturated carbocycles. The lowest BCUT2D eigenvalue weighted by atomic mass is 10.2. The highest BCUT2D eigenvalue weighted by atomic mass is 19.1. The van der Waals surface area contributed by atoms with Gasteiger partial charge in [-0.15, -0.1) is 0 Å². The smallest absolute Gasteiger partial charge is 0.241 e. The summed E-state index contributed by atoms with van der Waals surface area (Å²) in [4.78, 5) is 16.0. The van der Waals surface area contributed by atoms with Crippen LogP contribution in [0, 0.1) is 17.1 Å². The van der Waals surface area contributed by atoms with Gasteiger partial charge in [-0.1, -0.05) is 30.3 Å². The third-order valence-electron chi connectivity index (χ3n) is 3.79. The minimum absolute atomic E-state index is 0.0974. The molecule has 0 atom stereocenters. The van der Waals surface area contributed by atoms with Crippen molar-refractivity contribution in [2.75, 3.05) is 38.2 Å². The molecule has 0 radical (unpaired) electrons. The molecule has 0 spiro atoms. The number of halogens is 1. The molecule has 0 aliphatic heterocycles. The van der Waals surface area contributed by atoms with Gasteiger partial charge < -0.3 is 9.64 Å². The molecule has 0 aliphatic rings. The normalized spacial score (nSPS) is 10.4.